The highest BCUT2D eigenvalue weighted by Gasteiger charge is 2.15. The zero-order valence-electron chi connectivity index (χ0n) is 6.64. The number of hydrogen-bond acceptors (Lipinski definition) is 1. The van der Waals surface area contributed by atoms with Crippen molar-refractivity contribution in [2.75, 3.05) is 13.1 Å². The van der Waals surface area contributed by atoms with E-state index in [-0.39, 0.29) is 0 Å². The smallest absolute Gasteiger partial charge is 0.0817 e. The molecule has 0 amide bonds. The van der Waals surface area contributed by atoms with Crippen LogP contribution in [0.5, 0.6) is 0 Å². The third-order valence-corrected chi connectivity index (χ3v) is 2.31. The van der Waals surface area contributed by atoms with Crippen LogP contribution in [0.1, 0.15) is 26.2 Å². The Hall–Kier alpha value is -0.530. The average Bonchev–Trinajstić information content (AvgIpc) is 2.05. The number of likely N-dealkylation sites (tertiary alicyclic amines) is 1. The summed E-state index contributed by atoms with van der Waals surface area (Å²) in [7, 11) is 0. The quantitative estimate of drug-likeness (QED) is 0.459. The molecule has 0 bridgehead atoms. The third-order valence-electron chi connectivity index (χ3n) is 2.31. The lowest BCUT2D eigenvalue weighted by Gasteiger charge is -2.30. The molecule has 1 aliphatic heterocycles. The second kappa shape index (κ2) is 3.59. The normalized spacial score (nSPS) is 26.5. The van der Waals surface area contributed by atoms with Crippen LogP contribution in [0.4, 0.5) is 0 Å². The molecule has 2 nitrogen and oxygen atoms in total. The maximum Gasteiger partial charge on any atom is 0.0817 e. The first-order valence-electron chi connectivity index (χ1n) is 4.11. The van der Waals surface area contributed by atoms with E-state index in [4.69, 9.17) is 5.41 Å². The molecule has 2 heteroatoms. The maximum absolute atomic E-state index is 7.06. The van der Waals surface area contributed by atoms with Gasteiger partial charge in [0, 0.05) is 13.1 Å². The summed E-state index contributed by atoms with van der Waals surface area (Å²) >= 11 is 0. The molecule has 1 rings (SSSR count). The van der Waals surface area contributed by atoms with Gasteiger partial charge in [-0.05, 0) is 18.8 Å². The van der Waals surface area contributed by atoms with Gasteiger partial charge in [0.1, 0.15) is 0 Å². The Morgan fingerprint density at radius 1 is 1.70 bits per heavy atom. The van der Waals surface area contributed by atoms with Crippen molar-refractivity contribution in [3.05, 3.63) is 0 Å². The van der Waals surface area contributed by atoms with Gasteiger partial charge in [0.25, 0.3) is 0 Å². The lowest BCUT2D eigenvalue weighted by Crippen LogP contribution is -2.33. The SMILES string of the molecule is CC[C@H]1CCCN(C=N)C1. The highest BCUT2D eigenvalue weighted by molar-refractivity contribution is 5.50. The number of rotatable bonds is 2. The number of hydrogen-bond donors (Lipinski definition) is 1. The van der Waals surface area contributed by atoms with E-state index in [1.807, 2.05) is 0 Å². The molecular weight excluding hydrogens is 124 g/mol. The predicted molar refractivity (Wildman–Crippen MR) is 43.4 cm³/mol. The van der Waals surface area contributed by atoms with Crippen molar-refractivity contribution in [3.63, 3.8) is 0 Å². The van der Waals surface area contributed by atoms with Crippen molar-refractivity contribution in [1.82, 2.24) is 4.90 Å². The van der Waals surface area contributed by atoms with E-state index < -0.39 is 0 Å². The van der Waals surface area contributed by atoms with Crippen molar-refractivity contribution in [3.8, 4) is 0 Å². The second-order valence-electron chi connectivity index (χ2n) is 3.04. The van der Waals surface area contributed by atoms with E-state index in [0.29, 0.717) is 0 Å². The summed E-state index contributed by atoms with van der Waals surface area (Å²) in [5.41, 5.74) is 0. The predicted octanol–water partition coefficient (Wildman–Crippen LogP) is 1.72. The molecule has 1 atom stereocenters. The van der Waals surface area contributed by atoms with Crippen molar-refractivity contribution in [2.24, 2.45) is 5.92 Å². The van der Waals surface area contributed by atoms with E-state index in [0.717, 1.165) is 19.0 Å². The molecule has 1 saturated heterocycles. The van der Waals surface area contributed by atoms with Gasteiger partial charge in [-0.15, -0.1) is 0 Å². The molecule has 1 heterocycles. The van der Waals surface area contributed by atoms with Gasteiger partial charge in [-0.3, -0.25) is 5.41 Å². The van der Waals surface area contributed by atoms with Crippen molar-refractivity contribution in [2.45, 2.75) is 26.2 Å². The number of piperidine rings is 1. The van der Waals surface area contributed by atoms with E-state index in [1.165, 1.54) is 25.6 Å². The Kier molecular flexibility index (Phi) is 2.72. The molecule has 0 aromatic carbocycles. The van der Waals surface area contributed by atoms with Crippen LogP contribution in [0.2, 0.25) is 0 Å². The molecule has 1 aliphatic rings. The van der Waals surface area contributed by atoms with Gasteiger partial charge in [-0.2, -0.15) is 0 Å². The van der Waals surface area contributed by atoms with Crippen molar-refractivity contribution >= 4 is 6.34 Å². The first-order valence-corrected chi connectivity index (χ1v) is 4.11. The Bertz CT molecular complexity index is 112. The first kappa shape index (κ1) is 7.58. The summed E-state index contributed by atoms with van der Waals surface area (Å²) in [6.45, 7) is 4.44. The largest absolute Gasteiger partial charge is 0.363 e. The van der Waals surface area contributed by atoms with Crippen LogP contribution >= 0.6 is 0 Å². The number of nitrogens with zero attached hydrogens (tertiary/aromatic N) is 1. The van der Waals surface area contributed by atoms with Crippen LogP contribution in [0, 0.1) is 11.3 Å². The highest BCUT2D eigenvalue weighted by atomic mass is 15.1. The summed E-state index contributed by atoms with van der Waals surface area (Å²) in [5.74, 6) is 0.843. The Morgan fingerprint density at radius 3 is 3.10 bits per heavy atom. The summed E-state index contributed by atoms with van der Waals surface area (Å²) in [4.78, 5) is 2.11. The fourth-order valence-electron chi connectivity index (χ4n) is 1.55. The molecule has 0 aromatic rings. The molecule has 10 heavy (non-hydrogen) atoms. The van der Waals surface area contributed by atoms with Crippen LogP contribution in [0.15, 0.2) is 0 Å². The van der Waals surface area contributed by atoms with Crippen LogP contribution in [0.3, 0.4) is 0 Å². The molecule has 1 fully saturated rings. The van der Waals surface area contributed by atoms with Gasteiger partial charge in [0.2, 0.25) is 0 Å². The molecule has 1 N–H and O–H groups in total. The van der Waals surface area contributed by atoms with Gasteiger partial charge < -0.3 is 4.90 Å². The van der Waals surface area contributed by atoms with E-state index in [2.05, 4.69) is 11.8 Å². The third kappa shape index (κ3) is 1.72. The summed E-state index contributed by atoms with van der Waals surface area (Å²) in [6, 6.07) is 0. The van der Waals surface area contributed by atoms with Gasteiger partial charge >= 0.3 is 0 Å². The Morgan fingerprint density at radius 2 is 2.50 bits per heavy atom. The van der Waals surface area contributed by atoms with E-state index in [1.54, 1.807) is 0 Å². The van der Waals surface area contributed by atoms with Gasteiger partial charge in [0.15, 0.2) is 0 Å². The summed E-state index contributed by atoms with van der Waals surface area (Å²) < 4.78 is 0. The van der Waals surface area contributed by atoms with Crippen LogP contribution in [-0.2, 0) is 0 Å². The number of nitrogens with one attached hydrogen (secondary N) is 1. The van der Waals surface area contributed by atoms with Crippen molar-refractivity contribution in [1.29, 1.82) is 5.41 Å². The Labute approximate surface area is 62.7 Å². The minimum atomic E-state index is 0.843. The van der Waals surface area contributed by atoms with Crippen LogP contribution < -0.4 is 0 Å². The zero-order valence-corrected chi connectivity index (χ0v) is 6.64. The standard InChI is InChI=1S/C8H16N2/c1-2-8-4-3-5-10(6-8)7-9/h7-9H,2-6H2,1H3/t8-/m0/s1. The van der Waals surface area contributed by atoms with Crippen molar-refractivity contribution < 1.29 is 0 Å². The average molecular weight is 140 g/mol. The lowest BCUT2D eigenvalue weighted by molar-refractivity contribution is 0.258. The molecular formula is C8H16N2. The van der Waals surface area contributed by atoms with Gasteiger partial charge in [-0.25, -0.2) is 0 Å². The van der Waals surface area contributed by atoms with E-state index in [9.17, 15) is 0 Å². The van der Waals surface area contributed by atoms with E-state index >= 15 is 0 Å². The molecule has 0 saturated carbocycles. The van der Waals surface area contributed by atoms with Crippen LogP contribution in [0.25, 0.3) is 0 Å². The fraction of sp³-hybridized carbons (Fsp3) is 0.875. The molecule has 0 unspecified atom stereocenters. The van der Waals surface area contributed by atoms with Crippen LogP contribution in [-0.4, -0.2) is 24.3 Å². The monoisotopic (exact) mass is 140 g/mol. The Balaban J connectivity index is 2.31. The topological polar surface area (TPSA) is 27.1 Å². The molecule has 58 valence electrons. The van der Waals surface area contributed by atoms with Gasteiger partial charge in [0.05, 0.1) is 6.34 Å². The fourth-order valence-corrected chi connectivity index (χ4v) is 1.55. The lowest BCUT2D eigenvalue weighted by atomic mass is 9.96. The highest BCUT2D eigenvalue weighted by Crippen LogP contribution is 2.17. The minimum absolute atomic E-state index is 0.843. The summed E-state index contributed by atoms with van der Waals surface area (Å²) in [5, 5.41) is 7.06. The maximum atomic E-state index is 7.06. The second-order valence-corrected chi connectivity index (χ2v) is 3.04. The molecule has 0 spiro atoms. The molecule has 0 aromatic heterocycles. The van der Waals surface area contributed by atoms with Gasteiger partial charge in [-0.1, -0.05) is 13.3 Å². The zero-order chi connectivity index (χ0) is 7.40. The first-order chi connectivity index (χ1) is 4.86. The molecule has 0 aliphatic carbocycles. The minimum Gasteiger partial charge on any atom is -0.363 e. The molecule has 0 radical (unpaired) electrons. The summed E-state index contributed by atoms with van der Waals surface area (Å²) in [6.07, 6.45) is 5.38.